The van der Waals surface area contributed by atoms with Gasteiger partial charge in [0.2, 0.25) is 0 Å². The number of hydrogen-bond donors (Lipinski definition) is 2. The Bertz CT molecular complexity index is 584. The van der Waals surface area contributed by atoms with Gasteiger partial charge in [-0.2, -0.15) is 0 Å². The van der Waals surface area contributed by atoms with Crippen LogP contribution < -0.4 is 11.1 Å². The van der Waals surface area contributed by atoms with Crippen LogP contribution in [0.15, 0.2) is 47.8 Å². The van der Waals surface area contributed by atoms with Crippen molar-refractivity contribution < 1.29 is 14.3 Å². The van der Waals surface area contributed by atoms with E-state index in [2.05, 4.69) is 5.32 Å². The summed E-state index contributed by atoms with van der Waals surface area (Å²) in [5.41, 5.74) is 6.06. The largest absolute Gasteiger partial charge is 0.461 e. The molecule has 0 aliphatic heterocycles. The van der Waals surface area contributed by atoms with Gasteiger partial charge in [0.15, 0.2) is 0 Å². The average molecular weight is 304 g/mol. The predicted molar refractivity (Wildman–Crippen MR) is 80.6 cm³/mol. The maximum atomic E-state index is 11.9. The Labute approximate surface area is 126 Å². The van der Waals surface area contributed by atoms with Crippen molar-refractivity contribution in [1.82, 2.24) is 5.32 Å². The van der Waals surface area contributed by atoms with E-state index in [-0.39, 0.29) is 19.0 Å². The van der Waals surface area contributed by atoms with E-state index in [4.69, 9.17) is 10.5 Å². The zero-order chi connectivity index (χ0) is 15.1. The van der Waals surface area contributed by atoms with Crippen molar-refractivity contribution in [2.24, 2.45) is 5.73 Å². The smallest absolute Gasteiger partial charge is 0.312 e. The zero-order valence-corrected chi connectivity index (χ0v) is 12.1. The molecule has 3 N–H and O–H groups in total. The summed E-state index contributed by atoms with van der Waals surface area (Å²) in [5.74, 6) is -0.383. The van der Waals surface area contributed by atoms with Crippen LogP contribution in [0.1, 0.15) is 22.9 Å². The minimum atomic E-state index is -0.663. The van der Waals surface area contributed by atoms with E-state index in [1.54, 1.807) is 0 Å². The molecule has 0 aliphatic carbocycles. The van der Waals surface area contributed by atoms with E-state index >= 15 is 0 Å². The van der Waals surface area contributed by atoms with Crippen LogP contribution in [0.3, 0.4) is 0 Å². The number of amides is 2. The molecule has 2 aromatic rings. The van der Waals surface area contributed by atoms with Crippen molar-refractivity contribution in [3.63, 3.8) is 0 Å². The van der Waals surface area contributed by atoms with Crippen LogP contribution in [0, 0.1) is 0 Å². The molecule has 2 rings (SSSR count). The highest BCUT2D eigenvalue weighted by atomic mass is 32.1. The van der Waals surface area contributed by atoms with Gasteiger partial charge in [0.25, 0.3) is 0 Å². The van der Waals surface area contributed by atoms with Crippen LogP contribution in [0.4, 0.5) is 4.79 Å². The summed E-state index contributed by atoms with van der Waals surface area (Å²) in [7, 11) is 0. The third-order valence-corrected chi connectivity index (χ3v) is 3.80. The molecule has 1 aromatic heterocycles. The molecule has 0 radical (unpaired) electrons. The Morgan fingerprint density at radius 1 is 1.19 bits per heavy atom. The molecule has 0 bridgehead atoms. The maximum Gasteiger partial charge on any atom is 0.312 e. The monoisotopic (exact) mass is 304 g/mol. The fourth-order valence-electron chi connectivity index (χ4n) is 1.85. The topological polar surface area (TPSA) is 81.4 Å². The van der Waals surface area contributed by atoms with Gasteiger partial charge in [-0.15, -0.1) is 11.3 Å². The van der Waals surface area contributed by atoms with Gasteiger partial charge in [-0.3, -0.25) is 4.79 Å². The highest BCUT2D eigenvalue weighted by Gasteiger charge is 2.19. The maximum absolute atomic E-state index is 11.9. The number of ether oxygens (including phenoxy) is 1. The van der Waals surface area contributed by atoms with E-state index in [9.17, 15) is 9.59 Å². The standard InChI is InChI=1S/C15H16N2O3S/c16-15(19)17-12(13-7-4-8-21-13)9-14(18)20-10-11-5-2-1-3-6-11/h1-8,12H,9-10H2,(H3,16,17,19)/t12-/m1/s1. The molecule has 21 heavy (non-hydrogen) atoms. The Balaban J connectivity index is 1.90. The molecule has 110 valence electrons. The first-order valence-electron chi connectivity index (χ1n) is 6.44. The molecule has 6 heteroatoms. The lowest BCUT2D eigenvalue weighted by Gasteiger charge is -2.15. The number of nitrogens with one attached hydrogen (secondary N) is 1. The van der Waals surface area contributed by atoms with Gasteiger partial charge in [-0.1, -0.05) is 36.4 Å². The molecule has 0 unspecified atom stereocenters. The fraction of sp³-hybridized carbons (Fsp3) is 0.200. The van der Waals surface area contributed by atoms with Crippen molar-refractivity contribution in [3.8, 4) is 0 Å². The molecule has 0 fully saturated rings. The summed E-state index contributed by atoms with van der Waals surface area (Å²) in [6.07, 6.45) is 0.0519. The van der Waals surface area contributed by atoms with Crippen molar-refractivity contribution in [3.05, 3.63) is 58.3 Å². The number of rotatable bonds is 6. The van der Waals surface area contributed by atoms with E-state index in [0.29, 0.717) is 0 Å². The average Bonchev–Trinajstić information content (AvgIpc) is 2.99. The van der Waals surface area contributed by atoms with Crippen molar-refractivity contribution in [2.45, 2.75) is 19.1 Å². The third-order valence-electron chi connectivity index (χ3n) is 2.82. The van der Waals surface area contributed by atoms with Crippen LogP contribution in [-0.2, 0) is 16.1 Å². The Morgan fingerprint density at radius 2 is 1.95 bits per heavy atom. The molecule has 5 nitrogen and oxygen atoms in total. The van der Waals surface area contributed by atoms with Crippen molar-refractivity contribution >= 4 is 23.3 Å². The molecule has 0 saturated heterocycles. The lowest BCUT2D eigenvalue weighted by atomic mass is 10.1. The molecule has 0 saturated carbocycles. The number of benzene rings is 1. The summed E-state index contributed by atoms with van der Waals surface area (Å²) in [4.78, 5) is 23.8. The highest BCUT2D eigenvalue weighted by molar-refractivity contribution is 7.10. The molecular formula is C15H16N2O3S. The van der Waals surface area contributed by atoms with E-state index in [1.165, 1.54) is 11.3 Å². The summed E-state index contributed by atoms with van der Waals surface area (Å²) in [6, 6.07) is 12.0. The highest BCUT2D eigenvalue weighted by Crippen LogP contribution is 2.22. The van der Waals surface area contributed by atoms with Gasteiger partial charge < -0.3 is 15.8 Å². The lowest BCUT2D eigenvalue weighted by molar-refractivity contribution is -0.145. The number of carbonyl (C=O) groups excluding carboxylic acids is 2. The summed E-state index contributed by atoms with van der Waals surface area (Å²) >= 11 is 1.45. The van der Waals surface area contributed by atoms with Crippen LogP contribution >= 0.6 is 11.3 Å². The quantitative estimate of drug-likeness (QED) is 0.805. The minimum absolute atomic E-state index is 0.0519. The van der Waals surface area contributed by atoms with E-state index in [1.807, 2.05) is 47.8 Å². The third kappa shape index (κ3) is 4.92. The Hall–Kier alpha value is -2.34. The summed E-state index contributed by atoms with van der Waals surface area (Å²) < 4.78 is 5.21. The first-order valence-corrected chi connectivity index (χ1v) is 7.32. The van der Waals surface area contributed by atoms with Gasteiger partial charge in [0.05, 0.1) is 12.5 Å². The normalized spacial score (nSPS) is 11.6. The minimum Gasteiger partial charge on any atom is -0.461 e. The van der Waals surface area contributed by atoms with E-state index in [0.717, 1.165) is 10.4 Å². The number of nitrogens with two attached hydrogens (primary N) is 1. The molecule has 2 amide bonds. The molecule has 0 aliphatic rings. The molecule has 0 spiro atoms. The summed E-state index contributed by atoms with van der Waals surface area (Å²) in [6.45, 7) is 0.216. The van der Waals surface area contributed by atoms with Crippen LogP contribution in [-0.4, -0.2) is 12.0 Å². The predicted octanol–water partition coefficient (Wildman–Crippen LogP) is 2.59. The molecule has 1 atom stereocenters. The van der Waals surface area contributed by atoms with Gasteiger partial charge in [-0.05, 0) is 17.0 Å². The van der Waals surface area contributed by atoms with Crippen LogP contribution in [0.5, 0.6) is 0 Å². The van der Waals surface area contributed by atoms with Crippen LogP contribution in [0.25, 0.3) is 0 Å². The number of carbonyl (C=O) groups is 2. The SMILES string of the molecule is NC(=O)N[C@H](CC(=O)OCc1ccccc1)c1cccs1. The van der Waals surface area contributed by atoms with E-state index < -0.39 is 12.1 Å². The second kappa shape index (κ2) is 7.44. The first kappa shape index (κ1) is 15.1. The Kier molecular flexibility index (Phi) is 5.34. The lowest BCUT2D eigenvalue weighted by Crippen LogP contribution is -2.34. The fourth-order valence-corrected chi connectivity index (χ4v) is 2.63. The molecule has 1 heterocycles. The summed E-state index contributed by atoms with van der Waals surface area (Å²) in [5, 5.41) is 4.44. The van der Waals surface area contributed by atoms with Gasteiger partial charge in [0, 0.05) is 4.88 Å². The zero-order valence-electron chi connectivity index (χ0n) is 11.3. The molecule has 1 aromatic carbocycles. The Morgan fingerprint density at radius 3 is 2.57 bits per heavy atom. The van der Waals surface area contributed by atoms with Gasteiger partial charge in [0.1, 0.15) is 6.61 Å². The number of hydrogen-bond acceptors (Lipinski definition) is 4. The van der Waals surface area contributed by atoms with Gasteiger partial charge >= 0.3 is 12.0 Å². The van der Waals surface area contributed by atoms with Crippen molar-refractivity contribution in [2.75, 3.05) is 0 Å². The number of esters is 1. The van der Waals surface area contributed by atoms with Crippen LogP contribution in [0.2, 0.25) is 0 Å². The number of urea groups is 1. The molecular weight excluding hydrogens is 288 g/mol. The van der Waals surface area contributed by atoms with Gasteiger partial charge in [-0.25, -0.2) is 4.79 Å². The first-order chi connectivity index (χ1) is 10.1. The second-order valence-corrected chi connectivity index (χ2v) is 5.41. The van der Waals surface area contributed by atoms with Crippen molar-refractivity contribution in [1.29, 1.82) is 0 Å². The number of primary amides is 1. The second-order valence-electron chi connectivity index (χ2n) is 4.43. The number of thiophene rings is 1.